The highest BCUT2D eigenvalue weighted by atomic mass is 79.9. The molecule has 1 aliphatic heterocycles. The maximum atomic E-state index is 12.9. The Morgan fingerprint density at radius 1 is 1.20 bits per heavy atom. The molecular formula is C30H33BrN4O5. The van der Waals surface area contributed by atoms with Gasteiger partial charge in [0.1, 0.15) is 11.8 Å². The predicted molar refractivity (Wildman–Crippen MR) is 152 cm³/mol. The van der Waals surface area contributed by atoms with Crippen LogP contribution in [0.15, 0.2) is 40.9 Å². The van der Waals surface area contributed by atoms with Gasteiger partial charge in [-0.3, -0.25) is 4.79 Å². The fraction of sp³-hybridized carbons (Fsp3) is 0.467. The molecule has 0 spiro atoms. The summed E-state index contributed by atoms with van der Waals surface area (Å²) < 4.78 is 22.8. The molecule has 3 atom stereocenters. The first-order valence-electron chi connectivity index (χ1n) is 13.6. The van der Waals surface area contributed by atoms with Crippen LogP contribution < -0.4 is 4.74 Å². The third kappa shape index (κ3) is 5.92. The van der Waals surface area contributed by atoms with Gasteiger partial charge in [0.25, 0.3) is 5.89 Å². The Bertz CT molecular complexity index is 1400. The van der Waals surface area contributed by atoms with E-state index in [1.807, 2.05) is 43.9 Å². The summed E-state index contributed by atoms with van der Waals surface area (Å²) in [6.45, 7) is 7.98. The lowest BCUT2D eigenvalue weighted by Crippen LogP contribution is -2.32. The number of rotatable bonds is 12. The summed E-state index contributed by atoms with van der Waals surface area (Å²) >= 11 is 3.35. The van der Waals surface area contributed by atoms with Crippen LogP contribution in [0.1, 0.15) is 49.9 Å². The number of halogens is 1. The number of hydrogen-bond acceptors (Lipinski definition) is 8. The number of carbonyl (C=O) groups is 1. The van der Waals surface area contributed by atoms with E-state index in [1.165, 1.54) is 0 Å². The SMILES string of the molecule is CC(C)Oc1ccc(-c2nc(-c3cccc4c3CC3CC(=O)N(CCO[C@H](C)COCCBr)C43)no2)cc1C#N. The first-order chi connectivity index (χ1) is 19.4. The van der Waals surface area contributed by atoms with E-state index in [-0.39, 0.29) is 30.1 Å². The Morgan fingerprint density at radius 2 is 2.05 bits per heavy atom. The Hall–Kier alpha value is -3.26. The molecule has 2 unspecified atom stereocenters. The largest absolute Gasteiger partial charge is 0.490 e. The van der Waals surface area contributed by atoms with Crippen LogP contribution in [0, 0.1) is 17.2 Å². The lowest BCUT2D eigenvalue weighted by molar-refractivity contribution is -0.130. The van der Waals surface area contributed by atoms with Crippen LogP contribution in [0.5, 0.6) is 5.75 Å². The number of alkyl halides is 1. The number of aromatic nitrogens is 2. The van der Waals surface area contributed by atoms with Crippen LogP contribution in [-0.4, -0.2) is 64.9 Å². The number of ether oxygens (including phenoxy) is 3. The van der Waals surface area contributed by atoms with Crippen molar-refractivity contribution in [3.63, 3.8) is 0 Å². The number of hydrogen-bond donors (Lipinski definition) is 0. The van der Waals surface area contributed by atoms with E-state index in [9.17, 15) is 10.1 Å². The van der Waals surface area contributed by atoms with Crippen molar-refractivity contribution in [2.24, 2.45) is 5.92 Å². The highest BCUT2D eigenvalue weighted by molar-refractivity contribution is 9.09. The zero-order valence-electron chi connectivity index (χ0n) is 22.9. The van der Waals surface area contributed by atoms with Crippen LogP contribution in [0.3, 0.4) is 0 Å². The molecule has 210 valence electrons. The van der Waals surface area contributed by atoms with Crippen LogP contribution in [-0.2, 0) is 20.7 Å². The second kappa shape index (κ2) is 12.5. The van der Waals surface area contributed by atoms with E-state index < -0.39 is 0 Å². The zero-order chi connectivity index (χ0) is 28.2. The lowest BCUT2D eigenvalue weighted by atomic mass is 10.0. The average molecular weight is 610 g/mol. The normalized spacial score (nSPS) is 18.6. The van der Waals surface area contributed by atoms with Gasteiger partial charge in [-0.2, -0.15) is 10.2 Å². The van der Waals surface area contributed by atoms with Crippen molar-refractivity contribution in [1.82, 2.24) is 15.0 Å². The van der Waals surface area contributed by atoms with Gasteiger partial charge in [-0.1, -0.05) is 39.3 Å². The zero-order valence-corrected chi connectivity index (χ0v) is 24.5. The Morgan fingerprint density at radius 3 is 2.83 bits per heavy atom. The van der Waals surface area contributed by atoms with Crippen LogP contribution in [0.2, 0.25) is 0 Å². The molecule has 5 rings (SSSR count). The monoisotopic (exact) mass is 608 g/mol. The minimum Gasteiger partial charge on any atom is -0.490 e. The molecule has 0 N–H and O–H groups in total. The summed E-state index contributed by atoms with van der Waals surface area (Å²) in [4.78, 5) is 19.5. The van der Waals surface area contributed by atoms with E-state index in [2.05, 4.69) is 38.2 Å². The lowest BCUT2D eigenvalue weighted by Gasteiger charge is -2.26. The topological polar surface area (TPSA) is 111 Å². The molecule has 1 fully saturated rings. The molecule has 1 aromatic heterocycles. The highest BCUT2D eigenvalue weighted by Crippen LogP contribution is 2.49. The van der Waals surface area contributed by atoms with Gasteiger partial charge < -0.3 is 23.6 Å². The number of benzene rings is 2. The Balaban J connectivity index is 1.32. The molecule has 10 heteroatoms. The number of fused-ring (bicyclic) bond motifs is 3. The molecule has 2 heterocycles. The minimum atomic E-state index is -0.0430. The van der Waals surface area contributed by atoms with Gasteiger partial charge in [-0.05, 0) is 62.4 Å². The fourth-order valence-electron chi connectivity index (χ4n) is 5.57. The third-order valence-electron chi connectivity index (χ3n) is 7.22. The molecule has 2 aromatic carbocycles. The van der Waals surface area contributed by atoms with E-state index in [4.69, 9.17) is 18.7 Å². The van der Waals surface area contributed by atoms with Crippen molar-refractivity contribution < 1.29 is 23.5 Å². The standard InChI is InChI=1S/C30H33BrN4O5/c1-18(2)39-26-8-7-20(13-22(26)16-32)30-33-29(34-40-30)24-6-4-5-23-25(24)14-21-15-27(36)35(28(21)23)10-12-38-19(3)17-37-11-9-31/h4-8,13,18-19,21,28H,9-12,14-15,17H2,1-3H3/t19-,21?,28?/m1/s1. The van der Waals surface area contributed by atoms with Gasteiger partial charge in [0, 0.05) is 29.4 Å². The molecule has 1 saturated heterocycles. The number of nitrogens with zero attached hydrogens (tertiary/aromatic N) is 4. The summed E-state index contributed by atoms with van der Waals surface area (Å²) in [6, 6.07) is 13.6. The first kappa shape index (κ1) is 28.3. The van der Waals surface area contributed by atoms with Crippen molar-refractivity contribution in [3.8, 4) is 34.7 Å². The number of likely N-dealkylation sites (tertiary alicyclic amines) is 1. The molecule has 9 nitrogen and oxygen atoms in total. The quantitative estimate of drug-likeness (QED) is 0.200. The smallest absolute Gasteiger partial charge is 0.258 e. The van der Waals surface area contributed by atoms with Crippen molar-refractivity contribution in [2.45, 2.75) is 51.9 Å². The van der Waals surface area contributed by atoms with Gasteiger partial charge in [-0.25, -0.2) is 0 Å². The van der Waals surface area contributed by atoms with Crippen LogP contribution in [0.25, 0.3) is 22.8 Å². The van der Waals surface area contributed by atoms with Crippen molar-refractivity contribution in [3.05, 3.63) is 53.1 Å². The number of amides is 1. The van der Waals surface area contributed by atoms with Crippen molar-refractivity contribution >= 4 is 21.8 Å². The van der Waals surface area contributed by atoms with E-state index >= 15 is 0 Å². The highest BCUT2D eigenvalue weighted by Gasteiger charge is 2.46. The molecule has 0 saturated carbocycles. The molecular weight excluding hydrogens is 576 g/mol. The van der Waals surface area contributed by atoms with Crippen LogP contribution in [0.4, 0.5) is 0 Å². The molecule has 40 heavy (non-hydrogen) atoms. The molecule has 0 bridgehead atoms. The third-order valence-corrected chi connectivity index (χ3v) is 7.55. The van der Waals surface area contributed by atoms with Gasteiger partial charge in [0.2, 0.25) is 11.7 Å². The van der Waals surface area contributed by atoms with E-state index in [0.717, 1.165) is 28.4 Å². The maximum Gasteiger partial charge on any atom is 0.258 e. The molecule has 3 aromatic rings. The van der Waals surface area contributed by atoms with Crippen molar-refractivity contribution in [1.29, 1.82) is 5.26 Å². The summed E-state index contributed by atoms with van der Waals surface area (Å²) in [5.41, 5.74) is 4.25. The van der Waals surface area contributed by atoms with E-state index in [0.29, 0.717) is 61.4 Å². The minimum absolute atomic E-state index is 0.0177. The summed E-state index contributed by atoms with van der Waals surface area (Å²) in [6.07, 6.45) is 1.21. The fourth-order valence-corrected chi connectivity index (χ4v) is 5.80. The predicted octanol–water partition coefficient (Wildman–Crippen LogP) is 5.32. The van der Waals surface area contributed by atoms with Crippen LogP contribution >= 0.6 is 15.9 Å². The molecule has 0 radical (unpaired) electrons. The summed E-state index contributed by atoms with van der Waals surface area (Å²) in [5.74, 6) is 1.72. The Labute approximate surface area is 242 Å². The second-order valence-corrected chi connectivity index (χ2v) is 11.2. The van der Waals surface area contributed by atoms with Gasteiger partial charge in [-0.15, -0.1) is 0 Å². The van der Waals surface area contributed by atoms with Gasteiger partial charge >= 0.3 is 0 Å². The number of carbonyl (C=O) groups excluding carboxylic acids is 1. The first-order valence-corrected chi connectivity index (χ1v) is 14.7. The molecule has 2 aliphatic rings. The number of nitriles is 1. The van der Waals surface area contributed by atoms with Gasteiger partial charge in [0.05, 0.1) is 43.6 Å². The maximum absolute atomic E-state index is 12.9. The second-order valence-electron chi connectivity index (χ2n) is 10.4. The average Bonchev–Trinajstić information content (AvgIpc) is 3.63. The molecule has 1 aliphatic carbocycles. The van der Waals surface area contributed by atoms with Gasteiger partial charge in [0.15, 0.2) is 0 Å². The molecule has 1 amide bonds. The summed E-state index contributed by atoms with van der Waals surface area (Å²) in [5, 5.41) is 14.7. The summed E-state index contributed by atoms with van der Waals surface area (Å²) in [7, 11) is 0. The van der Waals surface area contributed by atoms with E-state index in [1.54, 1.807) is 12.1 Å². The van der Waals surface area contributed by atoms with Crippen molar-refractivity contribution in [2.75, 3.05) is 31.7 Å². The Kier molecular flexibility index (Phi) is 8.84.